The topological polar surface area (TPSA) is 25.8 Å². The average molecular weight is 359 g/mol. The summed E-state index contributed by atoms with van der Waals surface area (Å²) in [5.41, 5.74) is 7.99. The van der Waals surface area contributed by atoms with Crippen LogP contribution in [0, 0.1) is 0 Å². The predicted octanol–water partition coefficient (Wildman–Crippen LogP) is 6.48. The molecule has 1 aliphatic carbocycles. The molecule has 4 rings (SSSR count). The molecule has 0 bridgehead atoms. The first kappa shape index (κ1) is 19.3. The molecule has 1 heterocycles. The Morgan fingerprint density at radius 3 is 1.96 bits per heavy atom. The van der Waals surface area contributed by atoms with Gasteiger partial charge in [0.15, 0.2) is 0 Å². The maximum absolute atomic E-state index is 4.29. The van der Waals surface area contributed by atoms with Crippen LogP contribution in [0.5, 0.6) is 0 Å². The summed E-state index contributed by atoms with van der Waals surface area (Å²) >= 11 is 0. The average Bonchev–Trinajstić information content (AvgIpc) is 3.08. The van der Waals surface area contributed by atoms with E-state index in [1.54, 1.807) is 12.4 Å². The SMILES string of the molecule is CC(C)(C)c1ccc2c(c1)CC=C2.CC(C)(C)c1ccc2nccnc2c1. The molecule has 2 aromatic carbocycles. The molecule has 0 N–H and O–H groups in total. The van der Waals surface area contributed by atoms with Gasteiger partial charge in [-0.25, -0.2) is 0 Å². The first-order chi connectivity index (χ1) is 12.6. The zero-order chi connectivity index (χ0) is 19.7. The molecule has 0 amide bonds. The van der Waals surface area contributed by atoms with Crippen molar-refractivity contribution in [1.82, 2.24) is 9.97 Å². The first-order valence-corrected chi connectivity index (χ1v) is 9.66. The van der Waals surface area contributed by atoms with Crippen molar-refractivity contribution in [2.24, 2.45) is 0 Å². The van der Waals surface area contributed by atoms with Gasteiger partial charge in [0.1, 0.15) is 0 Å². The summed E-state index contributed by atoms with van der Waals surface area (Å²) in [6.45, 7) is 13.4. The van der Waals surface area contributed by atoms with Gasteiger partial charge in [-0.05, 0) is 51.6 Å². The van der Waals surface area contributed by atoms with E-state index in [-0.39, 0.29) is 10.8 Å². The summed E-state index contributed by atoms with van der Waals surface area (Å²) in [5, 5.41) is 0. The molecular formula is C25H30N2. The molecule has 3 aromatic rings. The molecule has 0 spiro atoms. The van der Waals surface area contributed by atoms with Gasteiger partial charge in [-0.1, -0.05) is 78.0 Å². The van der Waals surface area contributed by atoms with Crippen molar-refractivity contribution in [3.05, 3.63) is 77.1 Å². The third-order valence-electron chi connectivity index (χ3n) is 4.98. The van der Waals surface area contributed by atoms with E-state index in [9.17, 15) is 0 Å². The van der Waals surface area contributed by atoms with E-state index in [2.05, 4.69) is 94.0 Å². The van der Waals surface area contributed by atoms with Gasteiger partial charge in [-0.15, -0.1) is 0 Å². The van der Waals surface area contributed by atoms with E-state index >= 15 is 0 Å². The van der Waals surface area contributed by atoms with Crippen molar-refractivity contribution in [2.75, 3.05) is 0 Å². The molecule has 1 aromatic heterocycles. The van der Waals surface area contributed by atoms with Crippen LogP contribution in [-0.2, 0) is 17.3 Å². The Bertz CT molecular complexity index is 970. The smallest absolute Gasteiger partial charge is 0.0889 e. The lowest BCUT2D eigenvalue weighted by molar-refractivity contribution is 0.589. The van der Waals surface area contributed by atoms with Crippen LogP contribution in [0.2, 0.25) is 0 Å². The summed E-state index contributed by atoms with van der Waals surface area (Å²) in [4.78, 5) is 8.53. The number of hydrogen-bond donors (Lipinski definition) is 0. The Morgan fingerprint density at radius 2 is 1.30 bits per heavy atom. The van der Waals surface area contributed by atoms with Crippen LogP contribution in [0.1, 0.15) is 63.8 Å². The van der Waals surface area contributed by atoms with Gasteiger partial charge in [0.2, 0.25) is 0 Å². The van der Waals surface area contributed by atoms with Crippen LogP contribution in [-0.4, -0.2) is 9.97 Å². The third-order valence-corrected chi connectivity index (χ3v) is 4.98. The molecule has 27 heavy (non-hydrogen) atoms. The van der Waals surface area contributed by atoms with E-state index in [0.29, 0.717) is 0 Å². The third kappa shape index (κ3) is 4.63. The normalized spacial score (nSPS) is 13.3. The molecule has 140 valence electrons. The fourth-order valence-electron chi connectivity index (χ4n) is 3.15. The number of aromatic nitrogens is 2. The summed E-state index contributed by atoms with van der Waals surface area (Å²) in [6.07, 6.45) is 9.01. The van der Waals surface area contributed by atoms with E-state index in [1.165, 1.54) is 22.3 Å². The van der Waals surface area contributed by atoms with E-state index in [1.807, 2.05) is 6.07 Å². The van der Waals surface area contributed by atoms with Crippen molar-refractivity contribution in [2.45, 2.75) is 58.8 Å². The second kappa shape index (κ2) is 7.26. The second-order valence-electron chi connectivity index (χ2n) is 9.28. The maximum Gasteiger partial charge on any atom is 0.0889 e. The largest absolute Gasteiger partial charge is 0.253 e. The first-order valence-electron chi connectivity index (χ1n) is 9.66. The van der Waals surface area contributed by atoms with Crippen LogP contribution in [0.4, 0.5) is 0 Å². The molecule has 0 saturated heterocycles. The predicted molar refractivity (Wildman–Crippen MR) is 116 cm³/mol. The minimum absolute atomic E-state index is 0.172. The fourth-order valence-corrected chi connectivity index (χ4v) is 3.15. The molecule has 2 nitrogen and oxygen atoms in total. The van der Waals surface area contributed by atoms with Crippen LogP contribution >= 0.6 is 0 Å². The van der Waals surface area contributed by atoms with Gasteiger partial charge >= 0.3 is 0 Å². The Morgan fingerprint density at radius 1 is 0.704 bits per heavy atom. The summed E-state index contributed by atoms with van der Waals surface area (Å²) < 4.78 is 0. The standard InChI is InChI=1S/C13H16.C12H14N2/c1-13(2,3)12-8-7-10-5-4-6-11(10)9-12;1-12(2,3)9-4-5-10-11(8-9)14-7-6-13-10/h4-5,7-9H,6H2,1-3H3;4-8H,1-3H3. The molecule has 0 saturated carbocycles. The van der Waals surface area contributed by atoms with Crippen LogP contribution in [0.25, 0.3) is 17.1 Å². The van der Waals surface area contributed by atoms with Gasteiger partial charge in [-0.3, -0.25) is 9.97 Å². The lowest BCUT2D eigenvalue weighted by Gasteiger charge is -2.19. The molecule has 0 aliphatic heterocycles. The van der Waals surface area contributed by atoms with Crippen molar-refractivity contribution in [3.8, 4) is 0 Å². The highest BCUT2D eigenvalue weighted by molar-refractivity contribution is 5.74. The van der Waals surface area contributed by atoms with Crippen LogP contribution < -0.4 is 0 Å². The zero-order valence-corrected chi connectivity index (χ0v) is 17.4. The highest BCUT2D eigenvalue weighted by Gasteiger charge is 2.16. The number of allylic oxidation sites excluding steroid dienone is 1. The minimum Gasteiger partial charge on any atom is -0.253 e. The lowest BCUT2D eigenvalue weighted by atomic mass is 9.85. The Hall–Kier alpha value is -2.48. The number of hydrogen-bond acceptors (Lipinski definition) is 2. The molecule has 0 radical (unpaired) electrons. The Balaban J connectivity index is 0.000000156. The number of nitrogens with zero attached hydrogens (tertiary/aromatic N) is 2. The molecular weight excluding hydrogens is 328 g/mol. The highest BCUT2D eigenvalue weighted by Crippen LogP contribution is 2.28. The van der Waals surface area contributed by atoms with Crippen molar-refractivity contribution < 1.29 is 0 Å². The van der Waals surface area contributed by atoms with Crippen molar-refractivity contribution >= 4 is 17.1 Å². The molecule has 1 aliphatic rings. The highest BCUT2D eigenvalue weighted by atomic mass is 14.8. The number of rotatable bonds is 0. The van der Waals surface area contributed by atoms with E-state index < -0.39 is 0 Å². The summed E-state index contributed by atoms with van der Waals surface area (Å²) in [6, 6.07) is 13.1. The quantitative estimate of drug-likeness (QED) is 0.459. The number of fused-ring (bicyclic) bond motifs is 2. The van der Waals surface area contributed by atoms with Gasteiger partial charge in [0, 0.05) is 12.4 Å². The van der Waals surface area contributed by atoms with Gasteiger partial charge in [0.25, 0.3) is 0 Å². The lowest BCUT2D eigenvalue weighted by Crippen LogP contribution is -2.11. The fraction of sp³-hybridized carbons (Fsp3) is 0.360. The zero-order valence-electron chi connectivity index (χ0n) is 17.4. The van der Waals surface area contributed by atoms with Crippen molar-refractivity contribution in [1.29, 1.82) is 0 Å². The monoisotopic (exact) mass is 358 g/mol. The molecule has 0 atom stereocenters. The van der Waals surface area contributed by atoms with Gasteiger partial charge in [-0.2, -0.15) is 0 Å². The van der Waals surface area contributed by atoms with E-state index in [4.69, 9.17) is 0 Å². The van der Waals surface area contributed by atoms with Gasteiger partial charge < -0.3 is 0 Å². The molecule has 2 heteroatoms. The Kier molecular flexibility index (Phi) is 5.19. The molecule has 0 unspecified atom stereocenters. The van der Waals surface area contributed by atoms with Gasteiger partial charge in [0.05, 0.1) is 11.0 Å². The Labute approximate surface area is 163 Å². The maximum atomic E-state index is 4.29. The van der Waals surface area contributed by atoms with Crippen LogP contribution in [0.15, 0.2) is 54.9 Å². The van der Waals surface area contributed by atoms with Crippen LogP contribution in [0.3, 0.4) is 0 Å². The summed E-state index contributed by atoms with van der Waals surface area (Å²) in [7, 11) is 0. The molecule has 0 fully saturated rings. The second-order valence-corrected chi connectivity index (χ2v) is 9.28. The minimum atomic E-state index is 0.172. The van der Waals surface area contributed by atoms with E-state index in [0.717, 1.165) is 17.5 Å². The van der Waals surface area contributed by atoms with Crippen molar-refractivity contribution in [3.63, 3.8) is 0 Å². The number of benzene rings is 2. The summed E-state index contributed by atoms with van der Waals surface area (Å²) in [5.74, 6) is 0.